The van der Waals surface area contributed by atoms with Crippen LogP contribution in [0.5, 0.6) is 0 Å². The van der Waals surface area contributed by atoms with Crippen LogP contribution < -0.4 is 0 Å². The van der Waals surface area contributed by atoms with E-state index in [9.17, 15) is 0 Å². The molecule has 0 aromatic heterocycles. The van der Waals surface area contributed by atoms with Gasteiger partial charge < -0.3 is 4.74 Å². The van der Waals surface area contributed by atoms with Crippen LogP contribution in [0.15, 0.2) is 28.7 Å². The molecule has 0 saturated carbocycles. The number of ether oxygens (including phenoxy) is 1. The molecule has 0 aliphatic carbocycles. The van der Waals surface area contributed by atoms with E-state index >= 15 is 0 Å². The predicted molar refractivity (Wildman–Crippen MR) is 70.0 cm³/mol. The monoisotopic (exact) mass is 303 g/mol. The molecule has 0 amide bonds. The summed E-state index contributed by atoms with van der Waals surface area (Å²) in [7, 11) is 0. The van der Waals surface area contributed by atoms with Gasteiger partial charge >= 0.3 is 0 Å². The van der Waals surface area contributed by atoms with Gasteiger partial charge in [-0.05, 0) is 17.7 Å². The third-order valence-corrected chi connectivity index (χ3v) is 3.67. The van der Waals surface area contributed by atoms with Crippen LogP contribution in [0.1, 0.15) is 10.9 Å². The van der Waals surface area contributed by atoms with Crippen LogP contribution in [-0.2, 0) is 4.74 Å². The van der Waals surface area contributed by atoms with Crippen molar-refractivity contribution in [2.24, 2.45) is 0 Å². The van der Waals surface area contributed by atoms with E-state index < -0.39 is 0 Å². The van der Waals surface area contributed by atoms with Crippen LogP contribution in [0.3, 0.4) is 0 Å². The van der Waals surface area contributed by atoms with Gasteiger partial charge in [-0.3, -0.25) is 4.90 Å². The first kappa shape index (κ1) is 12.4. The molecule has 1 aromatic carbocycles. The van der Waals surface area contributed by atoms with E-state index in [0.29, 0.717) is 0 Å². The number of nitrogens with zero attached hydrogens (tertiary/aromatic N) is 1. The molecule has 88 valence electrons. The topological polar surface area (TPSA) is 12.5 Å². The van der Waals surface area contributed by atoms with Gasteiger partial charge in [-0.1, -0.05) is 28.1 Å². The Morgan fingerprint density at radius 2 is 1.88 bits per heavy atom. The Balaban J connectivity index is 1.91. The van der Waals surface area contributed by atoms with E-state index in [-0.39, 0.29) is 5.38 Å². The van der Waals surface area contributed by atoms with Crippen LogP contribution in [0, 0.1) is 0 Å². The minimum Gasteiger partial charge on any atom is -0.379 e. The Kier molecular flexibility index (Phi) is 4.65. The number of morpholine rings is 1. The lowest BCUT2D eigenvalue weighted by Gasteiger charge is -2.28. The van der Waals surface area contributed by atoms with Gasteiger partial charge in [0.2, 0.25) is 0 Å². The number of rotatable bonds is 3. The summed E-state index contributed by atoms with van der Waals surface area (Å²) in [5.74, 6) is 0. The number of hydrogen-bond donors (Lipinski definition) is 0. The fourth-order valence-electron chi connectivity index (χ4n) is 1.79. The van der Waals surface area contributed by atoms with Gasteiger partial charge in [0.1, 0.15) is 0 Å². The van der Waals surface area contributed by atoms with Crippen molar-refractivity contribution in [1.29, 1.82) is 0 Å². The van der Waals surface area contributed by atoms with E-state index in [4.69, 9.17) is 16.3 Å². The van der Waals surface area contributed by atoms with Gasteiger partial charge in [0.15, 0.2) is 0 Å². The molecule has 0 unspecified atom stereocenters. The molecule has 0 bridgehead atoms. The second-order valence-corrected chi connectivity index (χ2v) is 5.37. The van der Waals surface area contributed by atoms with Gasteiger partial charge in [0.25, 0.3) is 0 Å². The highest BCUT2D eigenvalue weighted by atomic mass is 79.9. The lowest BCUT2D eigenvalue weighted by Crippen LogP contribution is -2.38. The first-order valence-corrected chi connectivity index (χ1v) is 6.68. The van der Waals surface area contributed by atoms with Crippen molar-refractivity contribution in [3.8, 4) is 0 Å². The molecule has 1 aliphatic heterocycles. The summed E-state index contributed by atoms with van der Waals surface area (Å²) in [6.45, 7) is 4.51. The zero-order valence-corrected chi connectivity index (χ0v) is 11.4. The second-order valence-electron chi connectivity index (χ2n) is 3.93. The first-order valence-electron chi connectivity index (χ1n) is 5.45. The lowest BCUT2D eigenvalue weighted by molar-refractivity contribution is 0.0379. The maximum Gasteiger partial charge on any atom is 0.0712 e. The molecule has 1 aromatic rings. The van der Waals surface area contributed by atoms with Gasteiger partial charge in [-0.25, -0.2) is 0 Å². The quantitative estimate of drug-likeness (QED) is 0.796. The van der Waals surface area contributed by atoms with Crippen molar-refractivity contribution in [1.82, 2.24) is 4.90 Å². The van der Waals surface area contributed by atoms with Crippen LogP contribution in [0.4, 0.5) is 0 Å². The fourth-order valence-corrected chi connectivity index (χ4v) is 2.39. The molecule has 1 aliphatic rings. The third kappa shape index (κ3) is 3.45. The Morgan fingerprint density at radius 1 is 1.25 bits per heavy atom. The largest absolute Gasteiger partial charge is 0.379 e. The standard InChI is InChI=1S/C12H15BrClNO/c13-11-3-1-10(2-4-11)12(14)9-15-5-7-16-8-6-15/h1-4,12H,5-9H2/t12-/m0/s1. The smallest absolute Gasteiger partial charge is 0.0712 e. The van der Waals surface area contributed by atoms with E-state index in [0.717, 1.165) is 37.3 Å². The highest BCUT2D eigenvalue weighted by Gasteiger charge is 2.16. The molecule has 1 fully saturated rings. The van der Waals surface area contributed by atoms with Crippen molar-refractivity contribution in [3.05, 3.63) is 34.3 Å². The van der Waals surface area contributed by atoms with Gasteiger partial charge in [-0.2, -0.15) is 0 Å². The summed E-state index contributed by atoms with van der Waals surface area (Å²) in [4.78, 5) is 2.35. The van der Waals surface area contributed by atoms with Crippen molar-refractivity contribution < 1.29 is 4.74 Å². The molecular formula is C12H15BrClNO. The summed E-state index contributed by atoms with van der Waals surface area (Å²) in [6, 6.07) is 8.21. The van der Waals surface area contributed by atoms with Crippen LogP contribution in [0.25, 0.3) is 0 Å². The molecule has 0 spiro atoms. The molecule has 4 heteroatoms. The zero-order chi connectivity index (χ0) is 11.4. The second kappa shape index (κ2) is 6.01. The lowest BCUT2D eigenvalue weighted by atomic mass is 10.1. The van der Waals surface area contributed by atoms with Gasteiger partial charge in [0.05, 0.1) is 18.6 Å². The molecular weight excluding hydrogens is 289 g/mol. The summed E-state index contributed by atoms with van der Waals surface area (Å²) in [5, 5.41) is 0.0613. The van der Waals surface area contributed by atoms with Gasteiger partial charge in [-0.15, -0.1) is 11.6 Å². The maximum atomic E-state index is 6.39. The maximum absolute atomic E-state index is 6.39. The minimum atomic E-state index is 0.0613. The zero-order valence-electron chi connectivity index (χ0n) is 9.03. The van der Waals surface area contributed by atoms with Crippen LogP contribution >= 0.6 is 27.5 Å². The van der Waals surface area contributed by atoms with E-state index in [1.807, 2.05) is 12.1 Å². The number of benzene rings is 1. The Bertz CT molecular complexity index is 324. The third-order valence-electron chi connectivity index (χ3n) is 2.75. The average Bonchev–Trinajstić information content (AvgIpc) is 2.31. The minimum absolute atomic E-state index is 0.0613. The molecule has 0 N–H and O–H groups in total. The highest BCUT2D eigenvalue weighted by molar-refractivity contribution is 9.10. The highest BCUT2D eigenvalue weighted by Crippen LogP contribution is 2.23. The first-order chi connectivity index (χ1) is 7.75. The summed E-state index contributed by atoms with van der Waals surface area (Å²) < 4.78 is 6.40. The Morgan fingerprint density at radius 3 is 2.50 bits per heavy atom. The molecule has 1 saturated heterocycles. The molecule has 2 rings (SSSR count). The molecule has 16 heavy (non-hydrogen) atoms. The van der Waals surface area contributed by atoms with Crippen molar-refractivity contribution >= 4 is 27.5 Å². The van der Waals surface area contributed by atoms with E-state index in [1.165, 1.54) is 5.56 Å². The number of halogens is 2. The van der Waals surface area contributed by atoms with Gasteiger partial charge in [0, 0.05) is 24.1 Å². The van der Waals surface area contributed by atoms with E-state index in [2.05, 4.69) is 33.0 Å². The summed E-state index contributed by atoms with van der Waals surface area (Å²) in [5.41, 5.74) is 1.18. The van der Waals surface area contributed by atoms with Crippen LogP contribution in [0.2, 0.25) is 0 Å². The van der Waals surface area contributed by atoms with Crippen molar-refractivity contribution in [2.75, 3.05) is 32.8 Å². The molecule has 1 heterocycles. The molecule has 1 atom stereocenters. The Hall–Kier alpha value is -0.0900. The van der Waals surface area contributed by atoms with E-state index in [1.54, 1.807) is 0 Å². The molecule has 2 nitrogen and oxygen atoms in total. The fraction of sp³-hybridized carbons (Fsp3) is 0.500. The Labute approximate surface area is 110 Å². The van der Waals surface area contributed by atoms with Crippen molar-refractivity contribution in [2.45, 2.75) is 5.38 Å². The van der Waals surface area contributed by atoms with Crippen molar-refractivity contribution in [3.63, 3.8) is 0 Å². The summed E-state index contributed by atoms with van der Waals surface area (Å²) in [6.07, 6.45) is 0. The SMILES string of the molecule is Cl[C@@H](CN1CCOCC1)c1ccc(Br)cc1. The summed E-state index contributed by atoms with van der Waals surface area (Å²) >= 11 is 9.82. The number of alkyl halides is 1. The molecule has 0 radical (unpaired) electrons. The average molecular weight is 305 g/mol. The number of hydrogen-bond acceptors (Lipinski definition) is 2. The predicted octanol–water partition coefficient (Wildman–Crippen LogP) is 3.06. The van der Waals surface area contributed by atoms with Crippen LogP contribution in [-0.4, -0.2) is 37.7 Å². The normalized spacial score (nSPS) is 19.6.